The summed E-state index contributed by atoms with van der Waals surface area (Å²) in [7, 11) is -3.96. The maximum atomic E-state index is 12.6. The van der Waals surface area contributed by atoms with Crippen molar-refractivity contribution in [2.24, 2.45) is 0 Å². The van der Waals surface area contributed by atoms with Gasteiger partial charge in [0.1, 0.15) is 12.1 Å². The largest absolute Gasteiger partial charge is 0.383 e. The number of sulfonamides is 1. The summed E-state index contributed by atoms with van der Waals surface area (Å²) in [6.07, 6.45) is 2.86. The summed E-state index contributed by atoms with van der Waals surface area (Å²) in [5, 5.41) is 3.72. The van der Waals surface area contributed by atoms with E-state index in [9.17, 15) is 13.2 Å². The van der Waals surface area contributed by atoms with Crippen molar-refractivity contribution in [1.29, 1.82) is 0 Å². The fraction of sp³-hybridized carbons (Fsp3) is 0.211. The molecule has 1 fully saturated rings. The molecule has 4 N–H and O–H groups in total. The van der Waals surface area contributed by atoms with Crippen molar-refractivity contribution < 1.29 is 13.2 Å². The highest BCUT2D eigenvalue weighted by Crippen LogP contribution is 2.27. The molecule has 0 unspecified atom stereocenters. The van der Waals surface area contributed by atoms with Crippen LogP contribution in [0.1, 0.15) is 12.8 Å². The Morgan fingerprint density at radius 2 is 1.96 bits per heavy atom. The zero-order chi connectivity index (χ0) is 19.7. The molecule has 0 bridgehead atoms. The molecule has 8 nitrogen and oxygen atoms in total. The lowest BCUT2D eigenvalue weighted by atomic mass is 10.0. The number of aromatic nitrogens is 2. The summed E-state index contributed by atoms with van der Waals surface area (Å²) in [6.45, 7) is 0.712. The van der Waals surface area contributed by atoms with Crippen LogP contribution in [0.25, 0.3) is 22.0 Å². The molecular weight excluding hydrogens is 378 g/mol. The van der Waals surface area contributed by atoms with Gasteiger partial charge in [-0.1, -0.05) is 18.2 Å². The van der Waals surface area contributed by atoms with E-state index in [1.54, 1.807) is 18.2 Å². The summed E-state index contributed by atoms with van der Waals surface area (Å²) in [5.41, 5.74) is 7.99. The summed E-state index contributed by atoms with van der Waals surface area (Å²) in [4.78, 5) is 20.4. The molecule has 1 aliphatic heterocycles. The Hall–Kier alpha value is -3.04. The predicted octanol–water partition coefficient (Wildman–Crippen LogP) is 1.44. The van der Waals surface area contributed by atoms with Crippen molar-refractivity contribution in [3.05, 3.63) is 48.8 Å². The Kier molecular flexibility index (Phi) is 4.70. The lowest BCUT2D eigenvalue weighted by Crippen LogP contribution is -2.43. The number of carbonyl (C=O) groups is 1. The highest BCUT2D eigenvalue weighted by Gasteiger charge is 2.26. The Balaban J connectivity index is 1.64. The minimum absolute atomic E-state index is 0.0265. The van der Waals surface area contributed by atoms with Crippen molar-refractivity contribution >= 4 is 32.7 Å². The molecule has 28 heavy (non-hydrogen) atoms. The minimum atomic E-state index is -3.96. The highest BCUT2D eigenvalue weighted by atomic mass is 32.2. The third-order valence-corrected chi connectivity index (χ3v) is 6.10. The van der Waals surface area contributed by atoms with E-state index in [0.717, 1.165) is 17.4 Å². The number of fused-ring (bicyclic) bond motifs is 1. The molecule has 0 saturated carbocycles. The first-order chi connectivity index (χ1) is 13.4. The second-order valence-corrected chi connectivity index (χ2v) is 8.32. The number of hydrogen-bond acceptors (Lipinski definition) is 7. The summed E-state index contributed by atoms with van der Waals surface area (Å²) in [5.74, 6) is -0.142. The van der Waals surface area contributed by atoms with E-state index in [-0.39, 0.29) is 4.90 Å². The number of nitrogens with zero attached hydrogens (tertiary/aromatic N) is 2. The van der Waals surface area contributed by atoms with Gasteiger partial charge in [0.2, 0.25) is 0 Å². The van der Waals surface area contributed by atoms with Crippen molar-refractivity contribution in [3.63, 3.8) is 0 Å². The number of nitrogen functional groups attached to an aromatic ring is 1. The van der Waals surface area contributed by atoms with Crippen LogP contribution < -0.4 is 15.8 Å². The summed E-state index contributed by atoms with van der Waals surface area (Å²) in [6, 6.07) is 11.4. The molecule has 1 aromatic heterocycles. The van der Waals surface area contributed by atoms with Gasteiger partial charge in [0.05, 0.1) is 16.5 Å². The Bertz CT molecular complexity index is 1160. The van der Waals surface area contributed by atoms with Gasteiger partial charge in [0.25, 0.3) is 15.9 Å². The van der Waals surface area contributed by atoms with E-state index in [2.05, 4.69) is 20.0 Å². The van der Waals surface area contributed by atoms with E-state index in [1.807, 2.05) is 12.1 Å². The van der Waals surface area contributed by atoms with Gasteiger partial charge in [0, 0.05) is 5.39 Å². The van der Waals surface area contributed by atoms with Crippen LogP contribution in [0.2, 0.25) is 0 Å². The topological polar surface area (TPSA) is 127 Å². The predicted molar refractivity (Wildman–Crippen MR) is 106 cm³/mol. The van der Waals surface area contributed by atoms with Gasteiger partial charge in [-0.15, -0.1) is 0 Å². The van der Waals surface area contributed by atoms with E-state index in [0.29, 0.717) is 29.9 Å². The molecule has 3 aromatic rings. The molecule has 144 valence electrons. The van der Waals surface area contributed by atoms with Crippen LogP contribution in [0, 0.1) is 0 Å². The fourth-order valence-corrected chi connectivity index (χ4v) is 4.34. The fourth-order valence-electron chi connectivity index (χ4n) is 3.27. The second kappa shape index (κ2) is 7.17. The van der Waals surface area contributed by atoms with Crippen molar-refractivity contribution in [3.8, 4) is 11.1 Å². The van der Waals surface area contributed by atoms with Crippen LogP contribution in [0.3, 0.4) is 0 Å². The number of amides is 1. The van der Waals surface area contributed by atoms with Gasteiger partial charge in [0.15, 0.2) is 0 Å². The molecule has 0 spiro atoms. The van der Waals surface area contributed by atoms with Gasteiger partial charge in [-0.3, -0.25) is 4.79 Å². The molecule has 0 aliphatic carbocycles. The first-order valence-electron chi connectivity index (χ1n) is 8.85. The zero-order valence-electron chi connectivity index (χ0n) is 14.9. The van der Waals surface area contributed by atoms with E-state index in [4.69, 9.17) is 5.73 Å². The highest BCUT2D eigenvalue weighted by molar-refractivity contribution is 7.90. The van der Waals surface area contributed by atoms with Gasteiger partial charge in [-0.05, 0) is 54.8 Å². The third-order valence-electron chi connectivity index (χ3n) is 4.76. The van der Waals surface area contributed by atoms with Crippen LogP contribution in [-0.4, -0.2) is 36.9 Å². The standard InChI is InChI=1S/C19H19N5O3S/c20-18-15-7-6-13(10-17(15)22-11-23-18)12-3-1-4-14(9-12)28(26,27)24-19(25)16-5-2-8-21-16/h1,3-4,6-7,9-11,16,21H,2,5,8H2,(H,24,25)(H2,20,22,23)/t16-/m0/s1. The van der Waals surface area contributed by atoms with Crippen LogP contribution in [-0.2, 0) is 14.8 Å². The average Bonchev–Trinajstić information content (AvgIpc) is 3.23. The lowest BCUT2D eigenvalue weighted by molar-refractivity contribution is -0.121. The Labute approximate surface area is 162 Å². The molecule has 0 radical (unpaired) electrons. The summed E-state index contributed by atoms with van der Waals surface area (Å²) >= 11 is 0. The van der Waals surface area contributed by atoms with Crippen molar-refractivity contribution in [2.45, 2.75) is 23.8 Å². The molecular formula is C19H19N5O3S. The van der Waals surface area contributed by atoms with E-state index >= 15 is 0 Å². The molecule has 4 rings (SSSR count). The minimum Gasteiger partial charge on any atom is -0.383 e. The van der Waals surface area contributed by atoms with Gasteiger partial charge < -0.3 is 11.1 Å². The number of nitrogens with two attached hydrogens (primary N) is 1. The Morgan fingerprint density at radius 3 is 2.75 bits per heavy atom. The van der Waals surface area contributed by atoms with Gasteiger partial charge in [-0.2, -0.15) is 0 Å². The van der Waals surface area contributed by atoms with E-state index < -0.39 is 22.0 Å². The number of rotatable bonds is 4. The summed E-state index contributed by atoms with van der Waals surface area (Å²) < 4.78 is 27.4. The number of nitrogens with one attached hydrogen (secondary N) is 2. The zero-order valence-corrected chi connectivity index (χ0v) is 15.7. The first kappa shape index (κ1) is 18.3. The smallest absolute Gasteiger partial charge is 0.264 e. The second-order valence-electron chi connectivity index (χ2n) is 6.64. The van der Waals surface area contributed by atoms with Crippen LogP contribution in [0.4, 0.5) is 5.82 Å². The van der Waals surface area contributed by atoms with Crippen LogP contribution >= 0.6 is 0 Å². The van der Waals surface area contributed by atoms with Crippen LogP contribution in [0.5, 0.6) is 0 Å². The molecule has 9 heteroatoms. The van der Waals surface area contributed by atoms with Crippen molar-refractivity contribution in [2.75, 3.05) is 12.3 Å². The molecule has 1 atom stereocenters. The average molecular weight is 397 g/mol. The molecule has 1 amide bonds. The maximum Gasteiger partial charge on any atom is 0.264 e. The number of benzene rings is 2. The SMILES string of the molecule is Nc1ncnc2cc(-c3cccc(S(=O)(=O)NC(=O)[C@@H]4CCCN4)c3)ccc12. The number of anilines is 1. The monoisotopic (exact) mass is 397 g/mol. The van der Waals surface area contributed by atoms with E-state index in [1.165, 1.54) is 18.5 Å². The third kappa shape index (κ3) is 3.54. The quantitative estimate of drug-likeness (QED) is 0.608. The Morgan fingerprint density at radius 1 is 1.14 bits per heavy atom. The lowest BCUT2D eigenvalue weighted by Gasteiger charge is -2.12. The van der Waals surface area contributed by atoms with Crippen molar-refractivity contribution in [1.82, 2.24) is 20.0 Å². The molecule has 2 aromatic carbocycles. The molecule has 1 aliphatic rings. The number of carbonyl (C=O) groups excluding carboxylic acids is 1. The normalized spacial score (nSPS) is 16.9. The number of hydrogen-bond donors (Lipinski definition) is 3. The van der Waals surface area contributed by atoms with Gasteiger partial charge >= 0.3 is 0 Å². The van der Waals surface area contributed by atoms with Gasteiger partial charge in [-0.25, -0.2) is 23.1 Å². The van der Waals surface area contributed by atoms with Crippen LogP contribution in [0.15, 0.2) is 53.7 Å². The first-order valence-corrected chi connectivity index (χ1v) is 10.3. The molecule has 1 saturated heterocycles. The maximum absolute atomic E-state index is 12.6. The molecule has 2 heterocycles.